The largest absolute Gasteiger partial charge is 0.497 e. The van der Waals surface area contributed by atoms with Crippen molar-refractivity contribution in [1.82, 2.24) is 10.2 Å². The van der Waals surface area contributed by atoms with Crippen molar-refractivity contribution >= 4 is 0 Å². The van der Waals surface area contributed by atoms with Crippen LogP contribution < -0.4 is 15.8 Å². The molecule has 1 saturated heterocycles. The van der Waals surface area contributed by atoms with Crippen LogP contribution in [-0.2, 0) is 12.0 Å². The van der Waals surface area contributed by atoms with Crippen molar-refractivity contribution < 1.29 is 4.74 Å². The molecule has 0 unspecified atom stereocenters. The van der Waals surface area contributed by atoms with Gasteiger partial charge in [-0.25, -0.2) is 0 Å². The van der Waals surface area contributed by atoms with Gasteiger partial charge in [0.05, 0.1) is 7.11 Å². The van der Waals surface area contributed by atoms with Crippen LogP contribution in [0.2, 0.25) is 0 Å². The van der Waals surface area contributed by atoms with E-state index in [2.05, 4.69) is 58.7 Å². The summed E-state index contributed by atoms with van der Waals surface area (Å²) in [7, 11) is 1.74. The Morgan fingerprint density at radius 3 is 2.33 bits per heavy atom. The molecule has 2 aromatic carbocycles. The summed E-state index contributed by atoms with van der Waals surface area (Å²) in [6.07, 6.45) is 7.22. The predicted octanol–water partition coefficient (Wildman–Crippen LogP) is 4.09. The minimum Gasteiger partial charge on any atom is -0.497 e. The van der Waals surface area contributed by atoms with E-state index in [1.165, 1.54) is 49.9 Å². The molecule has 0 spiro atoms. The number of methoxy groups -OCH3 is 1. The van der Waals surface area contributed by atoms with Crippen molar-refractivity contribution in [1.29, 1.82) is 0 Å². The Balaban J connectivity index is 1.26. The number of hydrogen-bond donors (Lipinski definition) is 2. The van der Waals surface area contributed by atoms with Crippen LogP contribution in [0.5, 0.6) is 5.75 Å². The molecule has 2 aliphatic rings. The second-order valence-electron chi connectivity index (χ2n) is 9.19. The molecule has 1 saturated carbocycles. The van der Waals surface area contributed by atoms with Gasteiger partial charge < -0.3 is 15.8 Å². The van der Waals surface area contributed by atoms with Gasteiger partial charge in [0.1, 0.15) is 5.75 Å². The zero-order valence-corrected chi connectivity index (χ0v) is 18.4. The first kappa shape index (κ1) is 21.4. The third-order valence-corrected chi connectivity index (χ3v) is 7.32. The molecule has 4 heteroatoms. The highest BCUT2D eigenvalue weighted by atomic mass is 16.5. The minimum atomic E-state index is 0.103. The topological polar surface area (TPSA) is 50.5 Å². The van der Waals surface area contributed by atoms with Gasteiger partial charge in [-0.3, -0.25) is 4.90 Å². The van der Waals surface area contributed by atoms with Gasteiger partial charge in [-0.2, -0.15) is 0 Å². The Hall–Kier alpha value is -1.88. The number of ether oxygens (including phenoxy) is 1. The summed E-state index contributed by atoms with van der Waals surface area (Å²) in [5.41, 5.74) is 9.17. The highest BCUT2D eigenvalue weighted by Gasteiger charge is 2.36. The number of likely N-dealkylation sites (tertiary alicyclic amines) is 1. The fourth-order valence-corrected chi connectivity index (χ4v) is 5.33. The van der Waals surface area contributed by atoms with Crippen molar-refractivity contribution in [2.45, 2.75) is 62.6 Å². The van der Waals surface area contributed by atoms with Gasteiger partial charge in [0.2, 0.25) is 0 Å². The van der Waals surface area contributed by atoms with Crippen LogP contribution in [0.15, 0.2) is 54.6 Å². The van der Waals surface area contributed by atoms with E-state index in [9.17, 15) is 0 Å². The van der Waals surface area contributed by atoms with Crippen LogP contribution in [0.1, 0.15) is 49.7 Å². The number of nitrogens with zero attached hydrogens (tertiary/aromatic N) is 1. The Morgan fingerprint density at radius 2 is 1.67 bits per heavy atom. The average molecular weight is 408 g/mol. The molecule has 0 atom stereocenters. The maximum Gasteiger partial charge on any atom is 0.119 e. The van der Waals surface area contributed by atoms with Crippen molar-refractivity contribution in [3.05, 3.63) is 65.7 Å². The predicted molar refractivity (Wildman–Crippen MR) is 124 cm³/mol. The van der Waals surface area contributed by atoms with E-state index >= 15 is 0 Å². The molecule has 0 bridgehead atoms. The van der Waals surface area contributed by atoms with Crippen LogP contribution in [-0.4, -0.2) is 43.7 Å². The van der Waals surface area contributed by atoms with E-state index in [4.69, 9.17) is 10.5 Å². The molecule has 30 heavy (non-hydrogen) atoms. The fourth-order valence-electron chi connectivity index (χ4n) is 5.33. The molecule has 0 aromatic heterocycles. The monoisotopic (exact) mass is 407 g/mol. The summed E-state index contributed by atoms with van der Waals surface area (Å²) < 4.78 is 5.45. The smallest absolute Gasteiger partial charge is 0.119 e. The van der Waals surface area contributed by atoms with Crippen molar-refractivity contribution in [3.63, 3.8) is 0 Å². The zero-order valence-electron chi connectivity index (χ0n) is 18.4. The Morgan fingerprint density at radius 1 is 0.967 bits per heavy atom. The molecule has 2 fully saturated rings. The van der Waals surface area contributed by atoms with Crippen LogP contribution in [0.25, 0.3) is 0 Å². The Kier molecular flexibility index (Phi) is 7.08. The Labute approximate surface area is 181 Å². The quantitative estimate of drug-likeness (QED) is 0.726. The van der Waals surface area contributed by atoms with Crippen molar-refractivity contribution in [2.75, 3.05) is 26.7 Å². The summed E-state index contributed by atoms with van der Waals surface area (Å²) in [5.74, 6) is 0.933. The molecule has 1 aliphatic heterocycles. The maximum atomic E-state index is 6.30. The standard InChI is InChI=1S/C26H37N3O/c1-30-25-9-5-8-22(18-25)26(20-27)14-10-23(11-15-26)28-24-12-16-29(17-13-24)19-21-6-3-2-4-7-21/h2-9,18,23-24,28H,10-17,19-20,27H2,1H3. The number of benzene rings is 2. The summed E-state index contributed by atoms with van der Waals surface area (Å²) in [6.45, 7) is 4.17. The number of nitrogens with one attached hydrogen (secondary N) is 1. The van der Waals surface area contributed by atoms with Crippen LogP contribution in [0.3, 0.4) is 0 Å². The van der Waals surface area contributed by atoms with Crippen LogP contribution in [0, 0.1) is 0 Å². The third kappa shape index (κ3) is 5.05. The second kappa shape index (κ2) is 9.95. The van der Waals surface area contributed by atoms with Crippen LogP contribution >= 0.6 is 0 Å². The van der Waals surface area contributed by atoms with Gasteiger partial charge in [-0.1, -0.05) is 42.5 Å². The van der Waals surface area contributed by atoms with Gasteiger partial charge in [0.25, 0.3) is 0 Å². The summed E-state index contributed by atoms with van der Waals surface area (Å²) in [5, 5.41) is 3.99. The van der Waals surface area contributed by atoms with E-state index in [0.29, 0.717) is 18.6 Å². The molecule has 4 nitrogen and oxygen atoms in total. The normalized spacial score (nSPS) is 25.9. The van der Waals surface area contributed by atoms with E-state index in [0.717, 1.165) is 25.1 Å². The van der Waals surface area contributed by atoms with Crippen LogP contribution in [0.4, 0.5) is 0 Å². The molecule has 0 radical (unpaired) electrons. The summed E-state index contributed by atoms with van der Waals surface area (Å²) in [6, 6.07) is 20.6. The first-order valence-corrected chi connectivity index (χ1v) is 11.6. The molecule has 1 aliphatic carbocycles. The van der Waals surface area contributed by atoms with Crippen molar-refractivity contribution in [3.8, 4) is 5.75 Å². The van der Waals surface area contributed by atoms with Gasteiger partial charge in [-0.15, -0.1) is 0 Å². The SMILES string of the molecule is COc1cccc(C2(CN)CCC(NC3CCN(Cc4ccccc4)CC3)CC2)c1. The van der Waals surface area contributed by atoms with E-state index in [1.807, 2.05) is 6.07 Å². The molecular formula is C26H37N3O. The highest BCUT2D eigenvalue weighted by Crippen LogP contribution is 2.40. The Bertz CT molecular complexity index is 778. The molecule has 162 valence electrons. The number of hydrogen-bond acceptors (Lipinski definition) is 4. The molecule has 4 rings (SSSR count). The van der Waals surface area contributed by atoms with Crippen molar-refractivity contribution in [2.24, 2.45) is 5.73 Å². The summed E-state index contributed by atoms with van der Waals surface area (Å²) >= 11 is 0. The zero-order chi connectivity index (χ0) is 20.8. The van der Waals surface area contributed by atoms with Gasteiger partial charge >= 0.3 is 0 Å². The van der Waals surface area contributed by atoms with Gasteiger partial charge in [0.15, 0.2) is 0 Å². The lowest BCUT2D eigenvalue weighted by atomic mass is 9.68. The van der Waals surface area contributed by atoms with E-state index < -0.39 is 0 Å². The molecule has 1 heterocycles. The number of piperidine rings is 1. The minimum absolute atomic E-state index is 0.103. The fraction of sp³-hybridized carbons (Fsp3) is 0.538. The lowest BCUT2D eigenvalue weighted by Crippen LogP contribution is -2.49. The molecule has 0 amide bonds. The number of rotatable bonds is 7. The average Bonchev–Trinajstić information content (AvgIpc) is 2.82. The molecular weight excluding hydrogens is 370 g/mol. The lowest BCUT2D eigenvalue weighted by Gasteiger charge is -2.42. The highest BCUT2D eigenvalue weighted by molar-refractivity contribution is 5.35. The van der Waals surface area contributed by atoms with Gasteiger partial charge in [0, 0.05) is 30.6 Å². The maximum absolute atomic E-state index is 6.30. The van der Waals surface area contributed by atoms with E-state index in [-0.39, 0.29) is 5.41 Å². The second-order valence-corrected chi connectivity index (χ2v) is 9.19. The van der Waals surface area contributed by atoms with Gasteiger partial charge in [-0.05, 0) is 74.9 Å². The number of nitrogens with two attached hydrogens (primary N) is 1. The third-order valence-electron chi connectivity index (χ3n) is 7.32. The first-order chi connectivity index (χ1) is 14.7. The molecule has 2 aromatic rings. The first-order valence-electron chi connectivity index (χ1n) is 11.6. The van der Waals surface area contributed by atoms with E-state index in [1.54, 1.807) is 7.11 Å². The molecule has 3 N–H and O–H groups in total. The lowest BCUT2D eigenvalue weighted by molar-refractivity contribution is 0.168. The summed E-state index contributed by atoms with van der Waals surface area (Å²) in [4.78, 5) is 2.59.